The van der Waals surface area contributed by atoms with Crippen molar-refractivity contribution in [3.8, 4) is 0 Å². The predicted octanol–water partition coefficient (Wildman–Crippen LogP) is 1.64. The van der Waals surface area contributed by atoms with Crippen molar-refractivity contribution < 1.29 is 14.3 Å². The molecule has 0 saturated carbocycles. The van der Waals surface area contributed by atoms with Gasteiger partial charge in [0.05, 0.1) is 12.2 Å². The first kappa shape index (κ1) is 10.7. The van der Waals surface area contributed by atoms with Gasteiger partial charge < -0.3 is 4.74 Å². The van der Waals surface area contributed by atoms with Crippen molar-refractivity contribution in [2.45, 2.75) is 20.3 Å². The molecule has 0 aromatic carbocycles. The van der Waals surface area contributed by atoms with E-state index >= 15 is 0 Å². The molecule has 0 N–H and O–H groups in total. The van der Waals surface area contributed by atoms with Crippen LogP contribution in [0, 0.1) is 5.92 Å². The molecule has 0 saturated heterocycles. The average molecular weight is 194 g/mol. The molecule has 0 spiro atoms. The van der Waals surface area contributed by atoms with Gasteiger partial charge in [0.1, 0.15) is 0 Å². The van der Waals surface area contributed by atoms with Gasteiger partial charge in [0.25, 0.3) is 0 Å². The third-order valence-corrected chi connectivity index (χ3v) is 1.80. The van der Waals surface area contributed by atoms with E-state index in [4.69, 9.17) is 4.74 Å². The molecule has 76 valence electrons. The minimum absolute atomic E-state index is 0.116. The molecule has 0 bridgehead atoms. The number of ketones is 1. The van der Waals surface area contributed by atoms with Gasteiger partial charge in [-0.3, -0.25) is 9.59 Å². The summed E-state index contributed by atoms with van der Waals surface area (Å²) in [6, 6.07) is 0. The molecule has 0 atom stereocenters. The Balaban J connectivity index is 2.77. The molecule has 0 aromatic rings. The van der Waals surface area contributed by atoms with E-state index in [1.807, 2.05) is 13.8 Å². The Morgan fingerprint density at radius 2 is 2.29 bits per heavy atom. The lowest BCUT2D eigenvalue weighted by Crippen LogP contribution is -2.14. The van der Waals surface area contributed by atoms with Gasteiger partial charge in [-0.1, -0.05) is 26.0 Å². The number of carbonyl (C=O) groups excluding carboxylic acids is 2. The Labute approximate surface area is 83.4 Å². The first-order chi connectivity index (χ1) is 6.65. The van der Waals surface area contributed by atoms with E-state index in [0.717, 1.165) is 0 Å². The smallest absolute Gasteiger partial charge is 0.201 e. The van der Waals surface area contributed by atoms with Crippen LogP contribution in [0.1, 0.15) is 20.3 Å². The number of carbonyl (C=O) groups is 2. The summed E-state index contributed by atoms with van der Waals surface area (Å²) in [6.45, 7) is 4.45. The topological polar surface area (TPSA) is 43.4 Å². The van der Waals surface area contributed by atoms with Crippen molar-refractivity contribution in [2.24, 2.45) is 5.92 Å². The van der Waals surface area contributed by atoms with Crippen LogP contribution in [0.15, 0.2) is 23.5 Å². The minimum Gasteiger partial charge on any atom is -0.489 e. The highest BCUT2D eigenvalue weighted by atomic mass is 16.5. The molecule has 0 heterocycles. The SMILES string of the molecule is CC(C)COC1=C(C=O)C=CCC1=O. The standard InChI is InChI=1S/C11H14O3/c1-8(2)7-14-11-9(6-12)4-3-5-10(11)13/h3-4,6,8H,5,7H2,1-2H3. The summed E-state index contributed by atoms with van der Waals surface area (Å²) in [4.78, 5) is 22.0. The maximum absolute atomic E-state index is 11.4. The van der Waals surface area contributed by atoms with Crippen LogP contribution in [0.5, 0.6) is 0 Å². The number of ether oxygens (including phenoxy) is 1. The van der Waals surface area contributed by atoms with E-state index in [0.29, 0.717) is 30.8 Å². The summed E-state index contributed by atoms with van der Waals surface area (Å²) in [6.07, 6.45) is 4.28. The third-order valence-electron chi connectivity index (χ3n) is 1.80. The molecular formula is C11H14O3. The van der Waals surface area contributed by atoms with E-state index in [-0.39, 0.29) is 11.5 Å². The van der Waals surface area contributed by atoms with Gasteiger partial charge in [0, 0.05) is 6.42 Å². The summed E-state index contributed by atoms with van der Waals surface area (Å²) in [5.74, 6) is 0.445. The third kappa shape index (κ3) is 2.55. The van der Waals surface area contributed by atoms with Crippen LogP contribution in [0.25, 0.3) is 0 Å². The lowest BCUT2D eigenvalue weighted by atomic mass is 10.0. The van der Waals surface area contributed by atoms with E-state index in [9.17, 15) is 9.59 Å². The molecular weight excluding hydrogens is 180 g/mol. The van der Waals surface area contributed by atoms with E-state index in [2.05, 4.69) is 0 Å². The molecule has 0 aliphatic heterocycles. The zero-order valence-corrected chi connectivity index (χ0v) is 8.45. The average Bonchev–Trinajstić information content (AvgIpc) is 2.15. The lowest BCUT2D eigenvalue weighted by molar-refractivity contribution is -0.119. The fourth-order valence-electron chi connectivity index (χ4n) is 1.13. The van der Waals surface area contributed by atoms with Crippen LogP contribution in [-0.2, 0) is 14.3 Å². The van der Waals surface area contributed by atoms with Crippen LogP contribution in [-0.4, -0.2) is 18.7 Å². The monoisotopic (exact) mass is 194 g/mol. The molecule has 3 nitrogen and oxygen atoms in total. The zero-order valence-electron chi connectivity index (χ0n) is 8.45. The molecule has 1 aliphatic carbocycles. The Bertz CT molecular complexity index is 298. The zero-order chi connectivity index (χ0) is 10.6. The fraction of sp³-hybridized carbons (Fsp3) is 0.455. The van der Waals surface area contributed by atoms with Crippen LogP contribution >= 0.6 is 0 Å². The normalized spacial score (nSPS) is 16.4. The van der Waals surface area contributed by atoms with Crippen LogP contribution in [0.4, 0.5) is 0 Å². The highest BCUT2D eigenvalue weighted by Gasteiger charge is 2.18. The predicted molar refractivity (Wildman–Crippen MR) is 52.6 cm³/mol. The number of hydrogen-bond acceptors (Lipinski definition) is 3. The van der Waals surface area contributed by atoms with Gasteiger partial charge >= 0.3 is 0 Å². The maximum atomic E-state index is 11.4. The first-order valence-electron chi connectivity index (χ1n) is 4.67. The Hall–Kier alpha value is -1.38. The lowest BCUT2D eigenvalue weighted by Gasteiger charge is -2.14. The molecule has 0 fully saturated rings. The van der Waals surface area contributed by atoms with Crippen molar-refractivity contribution >= 4 is 12.1 Å². The summed E-state index contributed by atoms with van der Waals surface area (Å²) >= 11 is 0. The van der Waals surface area contributed by atoms with Gasteiger partial charge in [0.2, 0.25) is 5.78 Å². The fourth-order valence-corrected chi connectivity index (χ4v) is 1.13. The second-order valence-corrected chi connectivity index (χ2v) is 3.64. The number of Topliss-reactive ketones (excluding diaryl/α,β-unsaturated/α-hetero) is 1. The number of aldehydes is 1. The summed E-state index contributed by atoms with van der Waals surface area (Å²) in [5, 5.41) is 0. The van der Waals surface area contributed by atoms with E-state index < -0.39 is 0 Å². The molecule has 3 heteroatoms. The van der Waals surface area contributed by atoms with Crippen molar-refractivity contribution in [2.75, 3.05) is 6.61 Å². The number of rotatable bonds is 4. The largest absolute Gasteiger partial charge is 0.489 e. The van der Waals surface area contributed by atoms with Crippen molar-refractivity contribution in [1.82, 2.24) is 0 Å². The van der Waals surface area contributed by atoms with E-state index in [1.165, 1.54) is 0 Å². The maximum Gasteiger partial charge on any atom is 0.201 e. The van der Waals surface area contributed by atoms with E-state index in [1.54, 1.807) is 12.2 Å². The van der Waals surface area contributed by atoms with Gasteiger partial charge in [-0.05, 0) is 5.92 Å². The van der Waals surface area contributed by atoms with Crippen molar-refractivity contribution in [3.63, 3.8) is 0 Å². The Morgan fingerprint density at radius 3 is 2.86 bits per heavy atom. The molecule has 1 aliphatic rings. The second-order valence-electron chi connectivity index (χ2n) is 3.64. The summed E-state index contributed by atoms with van der Waals surface area (Å²) in [7, 11) is 0. The molecule has 14 heavy (non-hydrogen) atoms. The van der Waals surface area contributed by atoms with Crippen LogP contribution < -0.4 is 0 Å². The Kier molecular flexibility index (Phi) is 3.63. The van der Waals surface area contributed by atoms with Gasteiger partial charge in [0.15, 0.2) is 12.0 Å². The van der Waals surface area contributed by atoms with Crippen LogP contribution in [0.2, 0.25) is 0 Å². The second kappa shape index (κ2) is 4.74. The van der Waals surface area contributed by atoms with Crippen molar-refractivity contribution in [1.29, 1.82) is 0 Å². The Morgan fingerprint density at radius 1 is 1.57 bits per heavy atom. The van der Waals surface area contributed by atoms with Crippen molar-refractivity contribution in [3.05, 3.63) is 23.5 Å². The van der Waals surface area contributed by atoms with Gasteiger partial charge in [-0.15, -0.1) is 0 Å². The molecule has 0 radical (unpaired) electrons. The molecule has 0 aromatic heterocycles. The highest BCUT2D eigenvalue weighted by Crippen LogP contribution is 2.16. The van der Waals surface area contributed by atoms with Gasteiger partial charge in [-0.25, -0.2) is 0 Å². The molecule has 0 amide bonds. The first-order valence-corrected chi connectivity index (χ1v) is 4.67. The van der Waals surface area contributed by atoms with Gasteiger partial charge in [-0.2, -0.15) is 0 Å². The number of allylic oxidation sites excluding steroid dienone is 4. The molecule has 0 unspecified atom stereocenters. The molecule has 1 rings (SSSR count). The quantitative estimate of drug-likeness (QED) is 0.639. The summed E-state index contributed by atoms with van der Waals surface area (Å²) in [5.41, 5.74) is 0.349. The summed E-state index contributed by atoms with van der Waals surface area (Å²) < 4.78 is 5.31. The highest BCUT2D eigenvalue weighted by molar-refractivity contribution is 6.02. The van der Waals surface area contributed by atoms with Crippen LogP contribution in [0.3, 0.4) is 0 Å². The minimum atomic E-state index is -0.116. The number of hydrogen-bond donors (Lipinski definition) is 0.